The number of aryl methyl sites for hydroxylation is 2. The van der Waals surface area contributed by atoms with Crippen LogP contribution in [0.2, 0.25) is 0 Å². The average Bonchev–Trinajstić information content (AvgIpc) is 3.71. The first-order chi connectivity index (χ1) is 29.0. The number of benzene rings is 4. The molecule has 0 radical (unpaired) electrons. The monoisotopic (exact) mass is 807 g/mol. The number of aliphatic hydroxyl groups excluding tert-OH is 1. The number of nitrogens with two attached hydrogens (primary N) is 2. The summed E-state index contributed by atoms with van der Waals surface area (Å²) in [6.07, 6.45) is 11.7. The fraction of sp³-hybridized carbons (Fsp3) is 0.333. The molecule has 5 aromatic rings. The van der Waals surface area contributed by atoms with Crippen molar-refractivity contribution in [1.82, 2.24) is 4.98 Å². The molecule has 3 atom stereocenters. The number of phenols is 2. The lowest BCUT2D eigenvalue weighted by Gasteiger charge is -2.22. The van der Waals surface area contributed by atoms with E-state index in [9.17, 15) is 24.9 Å². The smallest absolute Gasteiger partial charge is 0.165 e. The van der Waals surface area contributed by atoms with Crippen molar-refractivity contribution in [3.8, 4) is 29.1 Å². The van der Waals surface area contributed by atoms with E-state index >= 15 is 0 Å². The van der Waals surface area contributed by atoms with Crippen LogP contribution in [0.15, 0.2) is 109 Å². The number of nitrogens with one attached hydrogen (secondary N) is 1. The summed E-state index contributed by atoms with van der Waals surface area (Å²) in [5.41, 5.74) is 19.2. The number of phenolic OH excluding ortho intramolecular Hbond substituents is 2. The second-order valence-corrected chi connectivity index (χ2v) is 16.0. The van der Waals surface area contributed by atoms with Crippen LogP contribution in [0, 0.1) is 17.8 Å². The number of hydrogen-bond donors (Lipinski definition) is 6. The van der Waals surface area contributed by atoms with Crippen molar-refractivity contribution in [2.24, 2.45) is 17.4 Å². The second-order valence-electron chi connectivity index (χ2n) is 16.0. The molecule has 6 rings (SSSR count). The zero-order valence-corrected chi connectivity index (χ0v) is 34.4. The third-order valence-corrected chi connectivity index (χ3v) is 11.3. The molecular formula is C51H57N3O6. The minimum absolute atomic E-state index is 0.00691. The summed E-state index contributed by atoms with van der Waals surface area (Å²) in [5, 5.41) is 31.8. The molecule has 0 spiro atoms. The number of ketones is 2. The van der Waals surface area contributed by atoms with Gasteiger partial charge in [0.2, 0.25) is 0 Å². The number of carbonyl (C=O) groups is 2. The molecule has 312 valence electrons. The molecule has 1 aliphatic carbocycles. The first-order valence-corrected chi connectivity index (χ1v) is 21.0. The largest absolute Gasteiger partial charge is 0.508 e. The van der Waals surface area contributed by atoms with Crippen LogP contribution in [0.5, 0.6) is 17.2 Å². The molecule has 0 amide bonds. The standard InChI is InChI=1S/C51H57N3O6/c1-34(55)29-36(16-15-35-9-4-2-5-10-35)11-6-3-7-13-41(56)21-17-37-19-24-48(58)50(31-37)60-28-26-38-18-23-47(57)45(30-38)44-33-49(59)43-25-27-54-46(43)14-8-12-39-32-40(51(52)53)20-22-42(39)44/h2,4-5,7,9-10,13,18-20,22-25,27,30-32,34,36,44,51,54-55,57-58H,3,6,11,14-17,21,26,28-29,33,52-53H2,1H3. The Kier molecular flexibility index (Phi) is 15.5. The maximum Gasteiger partial charge on any atom is 0.165 e. The highest BCUT2D eigenvalue weighted by Gasteiger charge is 2.27. The zero-order chi connectivity index (χ0) is 42.4. The lowest BCUT2D eigenvalue weighted by Crippen LogP contribution is -2.20. The topological polar surface area (TPSA) is 172 Å². The van der Waals surface area contributed by atoms with E-state index < -0.39 is 12.1 Å². The third kappa shape index (κ3) is 12.3. The molecule has 9 heteroatoms. The summed E-state index contributed by atoms with van der Waals surface area (Å²) in [6.45, 7) is 2.09. The number of ether oxygens (including phenoxy) is 1. The van der Waals surface area contributed by atoms with E-state index in [1.54, 1.807) is 42.6 Å². The number of aromatic hydroxyl groups is 2. The Bertz CT molecular complexity index is 2320. The van der Waals surface area contributed by atoms with E-state index in [1.165, 1.54) is 5.56 Å². The van der Waals surface area contributed by atoms with Crippen molar-refractivity contribution in [2.75, 3.05) is 6.61 Å². The van der Waals surface area contributed by atoms with Gasteiger partial charge in [0.05, 0.1) is 25.3 Å². The molecule has 8 N–H and O–H groups in total. The van der Waals surface area contributed by atoms with Gasteiger partial charge in [0.25, 0.3) is 0 Å². The molecule has 1 aliphatic rings. The predicted octanol–water partition coefficient (Wildman–Crippen LogP) is 8.52. The van der Waals surface area contributed by atoms with Crippen LogP contribution < -0.4 is 16.2 Å². The summed E-state index contributed by atoms with van der Waals surface area (Å²) in [6, 6.07) is 28.3. The van der Waals surface area contributed by atoms with Gasteiger partial charge in [-0.2, -0.15) is 0 Å². The van der Waals surface area contributed by atoms with Gasteiger partial charge in [-0.3, -0.25) is 9.59 Å². The molecule has 4 aromatic carbocycles. The Morgan fingerprint density at radius 3 is 2.47 bits per heavy atom. The van der Waals surface area contributed by atoms with Gasteiger partial charge < -0.3 is 36.5 Å². The number of aromatic nitrogens is 1. The van der Waals surface area contributed by atoms with Crippen LogP contribution in [0.1, 0.15) is 119 Å². The number of unbranched alkanes of at least 4 members (excludes halogenated alkanes) is 1. The van der Waals surface area contributed by atoms with E-state index in [4.69, 9.17) is 16.2 Å². The summed E-state index contributed by atoms with van der Waals surface area (Å²) >= 11 is 0. The van der Waals surface area contributed by atoms with E-state index in [-0.39, 0.29) is 42.2 Å². The highest BCUT2D eigenvalue weighted by molar-refractivity contribution is 5.98. The van der Waals surface area contributed by atoms with Crippen molar-refractivity contribution in [3.63, 3.8) is 0 Å². The second kappa shape index (κ2) is 21.4. The minimum Gasteiger partial charge on any atom is -0.508 e. The van der Waals surface area contributed by atoms with Gasteiger partial charge in [0.15, 0.2) is 23.1 Å². The van der Waals surface area contributed by atoms with Crippen molar-refractivity contribution >= 4 is 11.6 Å². The molecule has 1 heterocycles. The quantitative estimate of drug-likeness (QED) is 0.0209. The van der Waals surface area contributed by atoms with E-state index in [1.807, 2.05) is 49.4 Å². The van der Waals surface area contributed by atoms with E-state index in [0.717, 1.165) is 60.9 Å². The molecule has 0 saturated heterocycles. The number of allylic oxidation sites excluding steroid dienone is 2. The number of hydrogen-bond acceptors (Lipinski definition) is 8. The lowest BCUT2D eigenvalue weighted by atomic mass is 9.81. The maximum absolute atomic E-state index is 13.7. The SMILES string of the molecule is CC(O)CC(CCCC=CC(=O)CCc1ccc(O)c(OCCc2ccc(O)c(C3CC(=O)c4cc[nH]c4CC#Cc4cc(C(N)N)ccc43)c2)c1)CCc1ccccc1. The number of aliphatic hydroxyl groups is 1. The number of rotatable bonds is 19. The molecule has 9 nitrogen and oxygen atoms in total. The Balaban J connectivity index is 1.04. The molecule has 0 fully saturated rings. The van der Waals surface area contributed by atoms with Crippen LogP contribution in [-0.2, 0) is 30.5 Å². The molecular weight excluding hydrogens is 751 g/mol. The van der Waals surface area contributed by atoms with E-state index in [2.05, 4.69) is 41.1 Å². The first kappa shape index (κ1) is 43.7. The lowest BCUT2D eigenvalue weighted by molar-refractivity contribution is -0.114. The Labute approximate surface area is 353 Å². The van der Waals surface area contributed by atoms with Gasteiger partial charge in [0, 0.05) is 53.8 Å². The van der Waals surface area contributed by atoms with Gasteiger partial charge in [-0.15, -0.1) is 0 Å². The highest BCUT2D eigenvalue weighted by atomic mass is 16.5. The molecule has 3 unspecified atom stereocenters. The zero-order valence-electron chi connectivity index (χ0n) is 34.4. The first-order valence-electron chi connectivity index (χ1n) is 21.0. The Morgan fingerprint density at radius 1 is 0.900 bits per heavy atom. The highest BCUT2D eigenvalue weighted by Crippen LogP contribution is 2.38. The van der Waals surface area contributed by atoms with Crippen molar-refractivity contribution in [1.29, 1.82) is 0 Å². The van der Waals surface area contributed by atoms with Gasteiger partial charge in [-0.05, 0) is 116 Å². The van der Waals surface area contributed by atoms with Gasteiger partial charge in [0.1, 0.15) is 5.75 Å². The van der Waals surface area contributed by atoms with Crippen LogP contribution in [0.4, 0.5) is 0 Å². The van der Waals surface area contributed by atoms with Crippen LogP contribution in [-0.4, -0.2) is 44.6 Å². The summed E-state index contributed by atoms with van der Waals surface area (Å²) in [4.78, 5) is 29.6. The number of Topliss-reactive ketones (excluding diaryl/α,β-unsaturated/α-hetero) is 1. The number of fused-ring (bicyclic) bond motifs is 2. The number of aromatic amines is 1. The van der Waals surface area contributed by atoms with E-state index in [0.29, 0.717) is 59.6 Å². The fourth-order valence-corrected chi connectivity index (χ4v) is 8.03. The fourth-order valence-electron chi connectivity index (χ4n) is 8.03. The van der Waals surface area contributed by atoms with Gasteiger partial charge in [-0.25, -0.2) is 0 Å². The summed E-state index contributed by atoms with van der Waals surface area (Å²) in [5.74, 6) is 6.77. The normalized spacial score (nSPS) is 14.9. The van der Waals surface area contributed by atoms with Gasteiger partial charge >= 0.3 is 0 Å². The molecule has 0 saturated carbocycles. The molecule has 60 heavy (non-hydrogen) atoms. The molecule has 0 aliphatic heterocycles. The molecule has 1 aromatic heterocycles. The number of H-pyrrole nitrogens is 1. The average molecular weight is 808 g/mol. The third-order valence-electron chi connectivity index (χ3n) is 11.3. The van der Waals surface area contributed by atoms with Crippen molar-refractivity contribution in [3.05, 3.63) is 160 Å². The van der Waals surface area contributed by atoms with Crippen LogP contribution in [0.3, 0.4) is 0 Å². The summed E-state index contributed by atoms with van der Waals surface area (Å²) in [7, 11) is 0. The van der Waals surface area contributed by atoms with Gasteiger partial charge in [-0.1, -0.05) is 85.0 Å². The maximum atomic E-state index is 13.7. The summed E-state index contributed by atoms with van der Waals surface area (Å²) < 4.78 is 6.06. The number of carbonyl (C=O) groups excluding carboxylic acids is 2. The molecule has 0 bridgehead atoms. The minimum atomic E-state index is -0.693. The van der Waals surface area contributed by atoms with Crippen molar-refractivity contribution in [2.45, 2.75) is 95.7 Å². The Hall–Kier alpha value is -5.92. The van der Waals surface area contributed by atoms with Crippen LogP contribution >= 0.6 is 0 Å². The van der Waals surface area contributed by atoms with Crippen LogP contribution in [0.25, 0.3) is 0 Å². The Morgan fingerprint density at radius 2 is 1.68 bits per heavy atom. The predicted molar refractivity (Wildman–Crippen MR) is 236 cm³/mol. The van der Waals surface area contributed by atoms with Crippen molar-refractivity contribution < 1.29 is 29.6 Å².